The van der Waals surface area contributed by atoms with Crippen molar-refractivity contribution in [3.05, 3.63) is 0 Å². The topological polar surface area (TPSA) is 0 Å². The van der Waals surface area contributed by atoms with E-state index in [1.54, 1.807) is 0 Å². The molecule has 1 fully saturated rings. The van der Waals surface area contributed by atoms with Crippen LogP contribution >= 0.6 is 11.8 Å². The summed E-state index contributed by atoms with van der Waals surface area (Å²) in [5, 5.41) is 0. The van der Waals surface area contributed by atoms with Gasteiger partial charge in [-0.2, -0.15) is 11.8 Å². The van der Waals surface area contributed by atoms with E-state index in [4.69, 9.17) is 0 Å². The summed E-state index contributed by atoms with van der Waals surface area (Å²) in [6.45, 7) is 4.61. The molecular formula is C7H14BS. The van der Waals surface area contributed by atoms with Gasteiger partial charge >= 0.3 is 0 Å². The molecule has 2 atom stereocenters. The molecule has 0 N–H and O–H groups in total. The van der Waals surface area contributed by atoms with Crippen molar-refractivity contribution in [2.45, 2.75) is 37.2 Å². The van der Waals surface area contributed by atoms with E-state index in [-0.39, 0.29) is 0 Å². The molecule has 51 valence electrons. The first-order chi connectivity index (χ1) is 4.25. The lowest BCUT2D eigenvalue weighted by atomic mass is 9.42. The molecular weight excluding hydrogens is 127 g/mol. The van der Waals surface area contributed by atoms with Gasteiger partial charge in [0, 0.05) is 4.75 Å². The van der Waals surface area contributed by atoms with Gasteiger partial charge in [0.1, 0.15) is 7.28 Å². The van der Waals surface area contributed by atoms with E-state index >= 15 is 0 Å². The summed E-state index contributed by atoms with van der Waals surface area (Å²) in [5.41, 5.74) is 0. The Bertz CT molecular complexity index is 93.6. The van der Waals surface area contributed by atoms with Crippen LogP contribution in [0.3, 0.4) is 0 Å². The minimum absolute atomic E-state index is 0.625. The van der Waals surface area contributed by atoms with Crippen molar-refractivity contribution in [2.75, 3.05) is 6.26 Å². The van der Waals surface area contributed by atoms with Gasteiger partial charge < -0.3 is 0 Å². The summed E-state index contributed by atoms with van der Waals surface area (Å²) in [5.74, 6) is 0.845. The number of hydrogen-bond acceptors (Lipinski definition) is 1. The minimum Gasteiger partial charge on any atom is -0.160 e. The Morgan fingerprint density at radius 1 is 1.78 bits per heavy atom. The molecule has 1 rings (SSSR count). The summed E-state index contributed by atoms with van der Waals surface area (Å²) >= 11 is 2.04. The molecule has 9 heavy (non-hydrogen) atoms. The fourth-order valence-electron chi connectivity index (χ4n) is 1.50. The minimum atomic E-state index is 0.625. The average Bonchev–Trinajstić information content (AvgIpc) is 1.89. The van der Waals surface area contributed by atoms with Gasteiger partial charge in [-0.25, -0.2) is 0 Å². The Morgan fingerprint density at radius 3 is 2.44 bits per heavy atom. The van der Waals surface area contributed by atoms with Crippen molar-refractivity contribution in [1.29, 1.82) is 0 Å². The van der Waals surface area contributed by atoms with Crippen LogP contribution in [0.1, 0.15) is 20.3 Å². The Balaban J connectivity index is 2.48. The molecule has 2 heteroatoms. The second-order valence-corrected chi connectivity index (χ2v) is 4.07. The highest BCUT2D eigenvalue weighted by Crippen LogP contribution is 2.49. The molecule has 0 saturated carbocycles. The van der Waals surface area contributed by atoms with Gasteiger partial charge in [-0.1, -0.05) is 26.0 Å². The SMILES string of the molecule is CCC1(SC)C[B]C1C. The average molecular weight is 141 g/mol. The largest absolute Gasteiger partial charge is 0.160 e. The highest BCUT2D eigenvalue weighted by Gasteiger charge is 2.41. The molecule has 0 aromatic rings. The predicted octanol–water partition coefficient (Wildman–Crippen LogP) is 2.44. The number of thioether (sulfide) groups is 1. The first kappa shape index (κ1) is 7.52. The molecule has 0 amide bonds. The summed E-state index contributed by atoms with van der Waals surface area (Å²) in [6, 6.07) is 0. The molecule has 0 bridgehead atoms. The monoisotopic (exact) mass is 141 g/mol. The van der Waals surface area contributed by atoms with Gasteiger partial charge in [0.25, 0.3) is 0 Å². The summed E-state index contributed by atoms with van der Waals surface area (Å²) in [6.07, 6.45) is 4.88. The van der Waals surface area contributed by atoms with Crippen molar-refractivity contribution in [3.8, 4) is 0 Å². The van der Waals surface area contributed by atoms with E-state index in [0.717, 1.165) is 5.82 Å². The van der Waals surface area contributed by atoms with Crippen LogP contribution in [-0.2, 0) is 0 Å². The van der Waals surface area contributed by atoms with Crippen LogP contribution in [0.5, 0.6) is 0 Å². The van der Waals surface area contributed by atoms with Crippen molar-refractivity contribution >= 4 is 19.0 Å². The second-order valence-electron chi connectivity index (χ2n) is 2.85. The lowest BCUT2D eigenvalue weighted by molar-refractivity contribution is 0.541. The molecule has 0 aromatic heterocycles. The lowest BCUT2D eigenvalue weighted by Gasteiger charge is -2.46. The Labute approximate surface area is 63.0 Å². The van der Waals surface area contributed by atoms with Crippen molar-refractivity contribution < 1.29 is 0 Å². The van der Waals surface area contributed by atoms with Gasteiger partial charge in [0.15, 0.2) is 0 Å². The second kappa shape index (κ2) is 2.57. The van der Waals surface area contributed by atoms with Gasteiger partial charge in [-0.05, 0) is 12.7 Å². The maximum Gasteiger partial charge on any atom is 0.116 e. The zero-order chi connectivity index (χ0) is 6.91. The molecule has 1 saturated heterocycles. The smallest absolute Gasteiger partial charge is 0.116 e. The molecule has 2 unspecified atom stereocenters. The van der Waals surface area contributed by atoms with Crippen LogP contribution in [-0.4, -0.2) is 18.3 Å². The van der Waals surface area contributed by atoms with Gasteiger partial charge in [-0.3, -0.25) is 0 Å². The van der Waals surface area contributed by atoms with Gasteiger partial charge in [0.05, 0.1) is 0 Å². The molecule has 0 aromatic carbocycles. The van der Waals surface area contributed by atoms with Crippen LogP contribution in [0, 0.1) is 0 Å². The highest BCUT2D eigenvalue weighted by atomic mass is 32.2. The van der Waals surface area contributed by atoms with E-state index in [1.165, 1.54) is 12.7 Å². The third kappa shape index (κ3) is 1.02. The van der Waals surface area contributed by atoms with Crippen LogP contribution < -0.4 is 0 Å². The lowest BCUT2D eigenvalue weighted by Crippen LogP contribution is -2.42. The zero-order valence-electron chi connectivity index (χ0n) is 6.48. The molecule has 1 radical (unpaired) electrons. The quantitative estimate of drug-likeness (QED) is 0.532. The molecule has 0 nitrogen and oxygen atoms in total. The molecule has 0 aliphatic carbocycles. The van der Waals surface area contributed by atoms with Crippen molar-refractivity contribution in [2.24, 2.45) is 0 Å². The fraction of sp³-hybridized carbons (Fsp3) is 1.00. The maximum absolute atomic E-state index is 2.42. The Kier molecular flexibility index (Phi) is 2.15. The normalized spacial score (nSPS) is 41.4. The van der Waals surface area contributed by atoms with Crippen LogP contribution in [0.4, 0.5) is 0 Å². The first-order valence-electron chi connectivity index (χ1n) is 3.63. The molecule has 1 aliphatic rings. The standard InChI is InChI=1S/C7H14BS/c1-4-7(9-3)5-8-6(7)2/h6H,4-5H2,1-3H3. The zero-order valence-corrected chi connectivity index (χ0v) is 7.29. The molecule has 1 heterocycles. The van der Waals surface area contributed by atoms with E-state index in [9.17, 15) is 0 Å². The molecule has 1 aliphatic heterocycles. The van der Waals surface area contributed by atoms with Crippen LogP contribution in [0.25, 0.3) is 0 Å². The summed E-state index contributed by atoms with van der Waals surface area (Å²) < 4.78 is 0.625. The third-order valence-corrected chi connectivity index (χ3v) is 4.29. The summed E-state index contributed by atoms with van der Waals surface area (Å²) in [7, 11) is 2.42. The van der Waals surface area contributed by atoms with E-state index in [0.29, 0.717) is 4.75 Å². The Morgan fingerprint density at radius 2 is 2.44 bits per heavy atom. The maximum atomic E-state index is 2.42. The predicted molar refractivity (Wildman–Crippen MR) is 46.5 cm³/mol. The third-order valence-electron chi connectivity index (χ3n) is 2.65. The Hall–Kier alpha value is 0.415. The van der Waals surface area contributed by atoms with Crippen molar-refractivity contribution in [3.63, 3.8) is 0 Å². The van der Waals surface area contributed by atoms with Crippen LogP contribution in [0.2, 0.25) is 12.1 Å². The van der Waals surface area contributed by atoms with Crippen molar-refractivity contribution in [1.82, 2.24) is 0 Å². The van der Waals surface area contributed by atoms with E-state index < -0.39 is 0 Å². The van der Waals surface area contributed by atoms with E-state index in [2.05, 4.69) is 27.4 Å². The summed E-state index contributed by atoms with van der Waals surface area (Å²) in [4.78, 5) is 0. The van der Waals surface area contributed by atoms with Gasteiger partial charge in [-0.15, -0.1) is 0 Å². The van der Waals surface area contributed by atoms with Crippen LogP contribution in [0.15, 0.2) is 0 Å². The molecule has 0 spiro atoms. The number of rotatable bonds is 2. The highest BCUT2D eigenvalue weighted by molar-refractivity contribution is 8.00. The van der Waals surface area contributed by atoms with E-state index in [1.807, 2.05) is 11.8 Å². The van der Waals surface area contributed by atoms with Gasteiger partial charge in [0.2, 0.25) is 0 Å². The number of hydrogen-bond donors (Lipinski definition) is 0. The fourth-order valence-corrected chi connectivity index (χ4v) is 2.52. The first-order valence-corrected chi connectivity index (χ1v) is 4.86.